The molecule has 0 saturated carbocycles. The third-order valence-electron chi connectivity index (χ3n) is 2.94. The highest BCUT2D eigenvalue weighted by Gasteiger charge is 2.11. The van der Waals surface area contributed by atoms with Crippen LogP contribution in [0.5, 0.6) is 0 Å². The summed E-state index contributed by atoms with van der Waals surface area (Å²) >= 11 is 0. The van der Waals surface area contributed by atoms with E-state index in [0.717, 1.165) is 27.8 Å². The highest BCUT2D eigenvalue weighted by molar-refractivity contribution is 5.99. The summed E-state index contributed by atoms with van der Waals surface area (Å²) in [6.45, 7) is 0. The second kappa shape index (κ2) is 3.63. The molecule has 0 atom stereocenters. The van der Waals surface area contributed by atoms with Crippen LogP contribution in [-0.2, 0) is 7.05 Å². The smallest absolute Gasteiger partial charge is 0.116 e. The van der Waals surface area contributed by atoms with Gasteiger partial charge in [-0.25, -0.2) is 0 Å². The second-order valence-electron chi connectivity index (χ2n) is 4.08. The van der Waals surface area contributed by atoms with Crippen LogP contribution in [0.25, 0.3) is 22.2 Å². The summed E-state index contributed by atoms with van der Waals surface area (Å²) < 4.78 is 1.89. The Kier molecular flexibility index (Phi) is 2.11. The number of hydrogen-bond acceptors (Lipinski definition) is 2. The number of nitrogens with zero attached hydrogens (tertiary/aromatic N) is 2. The molecule has 0 fully saturated rings. The molecule has 0 bridgehead atoms. The Hall–Kier alpha value is -2.29. The topological polar surface area (TPSA) is 43.8 Å². The number of aromatic nitrogens is 2. The Bertz CT molecular complexity index is 669. The molecule has 0 aliphatic carbocycles. The first-order chi connectivity index (χ1) is 8.27. The van der Waals surface area contributed by atoms with Crippen LogP contribution in [0.4, 0.5) is 5.69 Å². The predicted molar refractivity (Wildman–Crippen MR) is 70.6 cm³/mol. The molecule has 0 aliphatic heterocycles. The lowest BCUT2D eigenvalue weighted by Gasteiger charge is -2.02. The standard InChI is InChI=1S/C14H13N3/c1-17-14(10-6-3-2-4-7-10)11-8-5-9-12(15)13(11)16-17/h2-9H,15H2,1H3. The summed E-state index contributed by atoms with van der Waals surface area (Å²) in [4.78, 5) is 0. The zero-order valence-electron chi connectivity index (χ0n) is 9.59. The molecule has 2 aromatic carbocycles. The van der Waals surface area contributed by atoms with E-state index in [9.17, 15) is 0 Å². The van der Waals surface area contributed by atoms with Gasteiger partial charge in [-0.1, -0.05) is 42.5 Å². The largest absolute Gasteiger partial charge is 0.397 e. The van der Waals surface area contributed by atoms with E-state index in [1.165, 1.54) is 0 Å². The van der Waals surface area contributed by atoms with Gasteiger partial charge in [0.05, 0.1) is 11.4 Å². The lowest BCUT2D eigenvalue weighted by Crippen LogP contribution is -1.93. The molecule has 17 heavy (non-hydrogen) atoms. The Morgan fingerprint density at radius 1 is 1.00 bits per heavy atom. The molecule has 0 aliphatic rings. The maximum Gasteiger partial charge on any atom is 0.116 e. The normalized spacial score (nSPS) is 10.9. The number of nitrogens with two attached hydrogens (primary N) is 1. The van der Waals surface area contributed by atoms with Crippen molar-refractivity contribution in [1.29, 1.82) is 0 Å². The Morgan fingerprint density at radius 3 is 2.53 bits per heavy atom. The molecule has 3 nitrogen and oxygen atoms in total. The molecule has 0 saturated heterocycles. The van der Waals surface area contributed by atoms with Crippen LogP contribution in [0.1, 0.15) is 0 Å². The maximum atomic E-state index is 5.94. The second-order valence-corrected chi connectivity index (χ2v) is 4.08. The summed E-state index contributed by atoms with van der Waals surface area (Å²) in [6.07, 6.45) is 0. The van der Waals surface area contributed by atoms with Crippen molar-refractivity contribution in [3.8, 4) is 11.3 Å². The highest BCUT2D eigenvalue weighted by Crippen LogP contribution is 2.30. The van der Waals surface area contributed by atoms with Crippen molar-refractivity contribution in [3.63, 3.8) is 0 Å². The molecule has 0 spiro atoms. The molecule has 0 amide bonds. The lowest BCUT2D eigenvalue weighted by atomic mass is 10.1. The van der Waals surface area contributed by atoms with Crippen LogP contribution in [0, 0.1) is 0 Å². The van der Waals surface area contributed by atoms with Gasteiger partial charge in [-0.2, -0.15) is 5.10 Å². The average molecular weight is 223 g/mol. The first-order valence-electron chi connectivity index (χ1n) is 5.54. The third-order valence-corrected chi connectivity index (χ3v) is 2.94. The summed E-state index contributed by atoms with van der Waals surface area (Å²) in [5.74, 6) is 0. The summed E-state index contributed by atoms with van der Waals surface area (Å²) in [5, 5.41) is 5.58. The molecule has 3 aromatic rings. The van der Waals surface area contributed by atoms with Crippen molar-refractivity contribution in [2.45, 2.75) is 0 Å². The number of rotatable bonds is 1. The SMILES string of the molecule is Cn1nc2c(N)cccc2c1-c1ccccc1. The van der Waals surface area contributed by atoms with E-state index in [-0.39, 0.29) is 0 Å². The van der Waals surface area contributed by atoms with Gasteiger partial charge < -0.3 is 5.73 Å². The van der Waals surface area contributed by atoms with Crippen LogP contribution >= 0.6 is 0 Å². The number of fused-ring (bicyclic) bond motifs is 1. The van der Waals surface area contributed by atoms with Crippen molar-refractivity contribution in [1.82, 2.24) is 9.78 Å². The Balaban J connectivity index is 2.37. The monoisotopic (exact) mass is 223 g/mol. The molecular weight excluding hydrogens is 210 g/mol. The van der Waals surface area contributed by atoms with E-state index in [4.69, 9.17) is 5.73 Å². The van der Waals surface area contributed by atoms with E-state index in [2.05, 4.69) is 23.3 Å². The molecule has 1 heterocycles. The van der Waals surface area contributed by atoms with Crippen molar-refractivity contribution in [2.24, 2.45) is 7.05 Å². The van der Waals surface area contributed by atoms with Crippen LogP contribution in [0.15, 0.2) is 48.5 Å². The minimum Gasteiger partial charge on any atom is -0.397 e. The Morgan fingerprint density at radius 2 is 1.76 bits per heavy atom. The first-order valence-corrected chi connectivity index (χ1v) is 5.54. The van der Waals surface area contributed by atoms with E-state index >= 15 is 0 Å². The fourth-order valence-corrected chi connectivity index (χ4v) is 2.18. The van der Waals surface area contributed by atoms with Gasteiger partial charge in [0, 0.05) is 18.0 Å². The van der Waals surface area contributed by atoms with E-state index in [1.807, 2.05) is 42.1 Å². The lowest BCUT2D eigenvalue weighted by molar-refractivity contribution is 0.788. The van der Waals surface area contributed by atoms with Gasteiger partial charge >= 0.3 is 0 Å². The van der Waals surface area contributed by atoms with Crippen LogP contribution in [0.2, 0.25) is 0 Å². The summed E-state index contributed by atoms with van der Waals surface area (Å²) in [5.41, 5.74) is 9.79. The van der Waals surface area contributed by atoms with Crippen molar-refractivity contribution < 1.29 is 0 Å². The minimum atomic E-state index is 0.722. The molecular formula is C14H13N3. The van der Waals surface area contributed by atoms with Gasteiger partial charge in [0.1, 0.15) is 5.52 Å². The predicted octanol–water partition coefficient (Wildman–Crippen LogP) is 2.82. The van der Waals surface area contributed by atoms with Crippen molar-refractivity contribution in [3.05, 3.63) is 48.5 Å². The molecule has 3 rings (SSSR count). The first kappa shape index (κ1) is 9.90. The van der Waals surface area contributed by atoms with E-state index in [1.54, 1.807) is 0 Å². The van der Waals surface area contributed by atoms with Gasteiger partial charge in [-0.05, 0) is 6.07 Å². The number of aryl methyl sites for hydroxylation is 1. The molecule has 3 heteroatoms. The molecule has 0 radical (unpaired) electrons. The van der Waals surface area contributed by atoms with Gasteiger partial charge in [-0.15, -0.1) is 0 Å². The summed E-state index contributed by atoms with van der Waals surface area (Å²) in [7, 11) is 1.95. The molecule has 2 N–H and O–H groups in total. The van der Waals surface area contributed by atoms with Gasteiger partial charge in [-0.3, -0.25) is 4.68 Å². The van der Waals surface area contributed by atoms with Crippen molar-refractivity contribution in [2.75, 3.05) is 5.73 Å². The summed E-state index contributed by atoms with van der Waals surface area (Å²) in [6, 6.07) is 16.1. The highest BCUT2D eigenvalue weighted by atomic mass is 15.3. The van der Waals surface area contributed by atoms with Crippen molar-refractivity contribution >= 4 is 16.6 Å². The quantitative estimate of drug-likeness (QED) is 0.645. The van der Waals surface area contributed by atoms with Gasteiger partial charge in [0.2, 0.25) is 0 Å². The number of hydrogen-bond donors (Lipinski definition) is 1. The minimum absolute atomic E-state index is 0.722. The molecule has 84 valence electrons. The van der Waals surface area contributed by atoms with E-state index in [0.29, 0.717) is 0 Å². The van der Waals surface area contributed by atoms with Crippen LogP contribution in [0.3, 0.4) is 0 Å². The fraction of sp³-hybridized carbons (Fsp3) is 0.0714. The number of anilines is 1. The zero-order valence-corrected chi connectivity index (χ0v) is 9.59. The number of nitrogen functional groups attached to an aromatic ring is 1. The third kappa shape index (κ3) is 1.47. The fourth-order valence-electron chi connectivity index (χ4n) is 2.18. The van der Waals surface area contributed by atoms with Gasteiger partial charge in [0.15, 0.2) is 0 Å². The number of benzene rings is 2. The average Bonchev–Trinajstić information content (AvgIpc) is 2.68. The zero-order chi connectivity index (χ0) is 11.8. The molecule has 1 aromatic heterocycles. The van der Waals surface area contributed by atoms with Crippen LogP contribution < -0.4 is 5.73 Å². The van der Waals surface area contributed by atoms with Gasteiger partial charge in [0.25, 0.3) is 0 Å². The molecule has 0 unspecified atom stereocenters. The Labute approximate surface area is 99.5 Å². The van der Waals surface area contributed by atoms with Crippen LogP contribution in [-0.4, -0.2) is 9.78 Å². The maximum absolute atomic E-state index is 5.94. The van der Waals surface area contributed by atoms with E-state index < -0.39 is 0 Å².